The first kappa shape index (κ1) is 13.3. The van der Waals surface area contributed by atoms with Crippen LogP contribution in [0.25, 0.3) is 0 Å². The minimum Gasteiger partial charge on any atom is -0.118 e. The Balaban J connectivity index is 2.89. The number of alkyl halides is 3. The van der Waals surface area contributed by atoms with Crippen LogP contribution in [0.2, 0.25) is 0 Å². The zero-order chi connectivity index (χ0) is 11.0. The third kappa shape index (κ3) is 2.69. The van der Waals surface area contributed by atoms with E-state index < -0.39 is 0 Å². The van der Waals surface area contributed by atoms with Crippen molar-refractivity contribution in [1.29, 1.82) is 0 Å². The highest BCUT2D eigenvalue weighted by molar-refractivity contribution is 9.10. The molecule has 0 aromatic heterocycles. The van der Waals surface area contributed by atoms with Crippen molar-refractivity contribution in [2.75, 3.05) is 0 Å². The fourth-order valence-corrected chi connectivity index (χ4v) is 4.36. The summed E-state index contributed by atoms with van der Waals surface area (Å²) >= 11 is 19.5. The molecule has 0 spiro atoms. The summed E-state index contributed by atoms with van der Waals surface area (Å²) < 4.78 is 0. The van der Waals surface area contributed by atoms with Crippen molar-refractivity contribution < 1.29 is 0 Å². The van der Waals surface area contributed by atoms with E-state index in [4.69, 9.17) is 23.2 Å². The second kappa shape index (κ2) is 4.65. The Morgan fingerprint density at radius 2 is 1.86 bits per heavy atom. The van der Waals surface area contributed by atoms with E-state index in [-0.39, 0.29) is 10.3 Å². The van der Waals surface area contributed by atoms with Crippen LogP contribution in [0.3, 0.4) is 0 Å². The third-order valence-corrected chi connectivity index (χ3v) is 6.54. The van der Waals surface area contributed by atoms with Gasteiger partial charge in [0, 0.05) is 20.6 Å². The molecular formula is C10H14Br2Cl2. The Bertz CT molecular complexity index is 240. The smallest absolute Gasteiger partial charge is 0.0552 e. The molecule has 1 aliphatic carbocycles. The maximum atomic E-state index is 6.46. The Hall–Kier alpha value is 1.28. The molecule has 1 saturated carbocycles. The van der Waals surface area contributed by atoms with E-state index in [1.54, 1.807) is 5.54 Å². The lowest BCUT2D eigenvalue weighted by Crippen LogP contribution is -2.46. The summed E-state index contributed by atoms with van der Waals surface area (Å²) in [4.78, 5) is 0.564. The molecule has 1 aliphatic rings. The van der Waals surface area contributed by atoms with Gasteiger partial charge >= 0.3 is 0 Å². The lowest BCUT2D eigenvalue weighted by Gasteiger charge is -2.46. The fraction of sp³-hybridized carbons (Fsp3) is 0.800. The summed E-state index contributed by atoms with van der Waals surface area (Å²) in [6, 6.07) is 0. The standard InChI is InChI=1S/C10H14Br2Cl2/c1-9(3-4-13)6-10(2,14)8(12)5-7(9)11/h3-4,7-8H,5-6H2,1-2H3/b4-3+/t7-,8-,9-,10+/m1/s1. The molecule has 1 rings (SSSR count). The molecule has 0 radical (unpaired) electrons. The second-order valence-corrected chi connectivity index (χ2v) is 7.75. The van der Waals surface area contributed by atoms with Crippen molar-refractivity contribution in [2.24, 2.45) is 5.41 Å². The van der Waals surface area contributed by atoms with Gasteiger partial charge in [0.2, 0.25) is 0 Å². The molecule has 1 fully saturated rings. The summed E-state index contributed by atoms with van der Waals surface area (Å²) in [5.74, 6) is 0. The van der Waals surface area contributed by atoms with Gasteiger partial charge in [0.25, 0.3) is 0 Å². The van der Waals surface area contributed by atoms with Gasteiger partial charge in [-0.15, -0.1) is 11.6 Å². The largest absolute Gasteiger partial charge is 0.118 e. The number of hydrogen-bond donors (Lipinski definition) is 0. The fourth-order valence-electron chi connectivity index (χ4n) is 1.97. The molecule has 0 saturated heterocycles. The molecule has 0 nitrogen and oxygen atoms in total. The van der Waals surface area contributed by atoms with Crippen LogP contribution in [0.15, 0.2) is 11.6 Å². The molecule has 0 N–H and O–H groups in total. The predicted octanol–water partition coefficient (Wildman–Crippen LogP) is 5.06. The summed E-state index contributed by atoms with van der Waals surface area (Å²) in [5, 5.41) is 0. The SMILES string of the molecule is C[C@]1(Cl)C[C@@](C)(/C=C/Cl)[C@H](Br)C[C@H]1Br. The minimum absolute atomic E-state index is 0.0442. The van der Waals surface area contributed by atoms with Gasteiger partial charge in [-0.3, -0.25) is 0 Å². The van der Waals surface area contributed by atoms with Crippen LogP contribution in [0.4, 0.5) is 0 Å². The molecule has 0 aromatic carbocycles. The summed E-state index contributed by atoms with van der Waals surface area (Å²) in [6.07, 6.45) is 3.96. The lowest BCUT2D eigenvalue weighted by molar-refractivity contribution is 0.265. The van der Waals surface area contributed by atoms with E-state index in [2.05, 4.69) is 45.7 Å². The first-order chi connectivity index (χ1) is 6.32. The van der Waals surface area contributed by atoms with Crippen LogP contribution in [0.1, 0.15) is 26.7 Å². The van der Waals surface area contributed by atoms with Gasteiger partial charge in [-0.2, -0.15) is 0 Å². The van der Waals surface area contributed by atoms with Crippen LogP contribution in [0, 0.1) is 5.41 Å². The van der Waals surface area contributed by atoms with Gasteiger partial charge in [0.1, 0.15) is 0 Å². The first-order valence-corrected chi connectivity index (χ1v) is 7.21. The maximum Gasteiger partial charge on any atom is 0.0552 e. The van der Waals surface area contributed by atoms with Crippen molar-refractivity contribution >= 4 is 55.1 Å². The average Bonchev–Trinajstić information content (AvgIpc) is 2.01. The van der Waals surface area contributed by atoms with Crippen LogP contribution in [-0.4, -0.2) is 14.5 Å². The van der Waals surface area contributed by atoms with Crippen LogP contribution >= 0.6 is 55.1 Å². The lowest BCUT2D eigenvalue weighted by atomic mass is 9.71. The zero-order valence-corrected chi connectivity index (χ0v) is 12.9. The highest BCUT2D eigenvalue weighted by Gasteiger charge is 2.47. The topological polar surface area (TPSA) is 0 Å². The molecule has 0 amide bonds. The second-order valence-electron chi connectivity index (χ2n) is 4.42. The van der Waals surface area contributed by atoms with E-state index >= 15 is 0 Å². The van der Waals surface area contributed by atoms with Crippen LogP contribution < -0.4 is 0 Å². The van der Waals surface area contributed by atoms with Crippen LogP contribution in [-0.2, 0) is 0 Å². The molecular weight excluding hydrogens is 351 g/mol. The van der Waals surface area contributed by atoms with E-state index in [0.717, 1.165) is 12.8 Å². The number of hydrogen-bond acceptors (Lipinski definition) is 0. The molecule has 0 aromatic rings. The predicted molar refractivity (Wildman–Crippen MR) is 72.0 cm³/mol. The number of rotatable bonds is 1. The average molecular weight is 365 g/mol. The van der Waals surface area contributed by atoms with Gasteiger partial charge < -0.3 is 0 Å². The van der Waals surface area contributed by atoms with Crippen LogP contribution in [0.5, 0.6) is 0 Å². The van der Waals surface area contributed by atoms with E-state index in [1.165, 1.54) is 0 Å². The van der Waals surface area contributed by atoms with Gasteiger partial charge in [-0.25, -0.2) is 0 Å². The summed E-state index contributed by atoms with van der Waals surface area (Å²) in [6.45, 7) is 4.26. The van der Waals surface area contributed by atoms with Gasteiger partial charge in [-0.1, -0.05) is 56.5 Å². The van der Waals surface area contributed by atoms with Crippen molar-refractivity contribution in [1.82, 2.24) is 0 Å². The summed E-state index contributed by atoms with van der Waals surface area (Å²) in [7, 11) is 0. The van der Waals surface area contributed by atoms with E-state index in [9.17, 15) is 0 Å². The molecule has 4 heteroatoms. The molecule has 0 bridgehead atoms. The first-order valence-electron chi connectivity index (χ1n) is 4.57. The molecule has 14 heavy (non-hydrogen) atoms. The highest BCUT2D eigenvalue weighted by atomic mass is 79.9. The molecule has 0 unspecified atom stereocenters. The Morgan fingerprint density at radius 3 is 2.36 bits per heavy atom. The highest BCUT2D eigenvalue weighted by Crippen LogP contribution is 2.51. The quantitative estimate of drug-likeness (QED) is 0.570. The van der Waals surface area contributed by atoms with E-state index in [0.29, 0.717) is 9.65 Å². The maximum absolute atomic E-state index is 6.46. The zero-order valence-electron chi connectivity index (χ0n) is 8.24. The molecule has 0 heterocycles. The summed E-state index contributed by atoms with van der Waals surface area (Å²) in [5.41, 5.74) is 1.64. The third-order valence-electron chi connectivity index (χ3n) is 2.95. The molecule has 82 valence electrons. The Labute approximate surface area is 113 Å². The molecule has 0 aliphatic heterocycles. The Morgan fingerprint density at radius 1 is 1.29 bits per heavy atom. The number of halogens is 4. The van der Waals surface area contributed by atoms with Gasteiger partial charge in [0.05, 0.1) is 4.87 Å². The van der Waals surface area contributed by atoms with Crippen molar-refractivity contribution in [2.45, 2.75) is 41.2 Å². The molecule has 4 atom stereocenters. The monoisotopic (exact) mass is 362 g/mol. The Kier molecular flexibility index (Phi) is 4.43. The van der Waals surface area contributed by atoms with Crippen molar-refractivity contribution in [3.05, 3.63) is 11.6 Å². The normalized spacial score (nSPS) is 49.9. The van der Waals surface area contributed by atoms with Crippen molar-refractivity contribution in [3.8, 4) is 0 Å². The minimum atomic E-state index is -0.199. The van der Waals surface area contributed by atoms with E-state index in [1.807, 2.05) is 6.08 Å². The van der Waals surface area contributed by atoms with Gasteiger partial charge in [0.15, 0.2) is 0 Å². The van der Waals surface area contributed by atoms with Gasteiger partial charge in [-0.05, 0) is 19.8 Å². The van der Waals surface area contributed by atoms with Crippen molar-refractivity contribution in [3.63, 3.8) is 0 Å². The number of allylic oxidation sites excluding steroid dienone is 1.